The molecule has 0 fully saturated rings. The van der Waals surface area contributed by atoms with Gasteiger partial charge in [-0.1, -0.05) is 6.07 Å². The Morgan fingerprint density at radius 3 is 2.41 bits per heavy atom. The maximum Gasteiger partial charge on any atom is 0.227 e. The number of thiazole rings is 1. The van der Waals surface area contributed by atoms with Crippen LogP contribution in [-0.2, 0) is 0 Å². The predicted molar refractivity (Wildman–Crippen MR) is 131 cm³/mol. The van der Waals surface area contributed by atoms with Crippen LogP contribution in [0.15, 0.2) is 60.4 Å². The summed E-state index contributed by atoms with van der Waals surface area (Å²) < 4.78 is 0. The molecule has 2 aromatic carbocycles. The Balaban J connectivity index is 1.51. The topological polar surface area (TPSA) is 106 Å². The summed E-state index contributed by atoms with van der Waals surface area (Å²) in [5.74, 6) is 0.437. The molecule has 0 radical (unpaired) electrons. The predicted octanol–water partition coefficient (Wildman–Crippen LogP) is 5.62. The molecule has 7 nitrogen and oxygen atoms in total. The number of nitrogen functional groups attached to an aromatic ring is 1. The zero-order valence-corrected chi connectivity index (χ0v) is 18.9. The van der Waals surface area contributed by atoms with E-state index in [1.54, 1.807) is 24.7 Å². The lowest BCUT2D eigenvalue weighted by Crippen LogP contribution is -2.26. The molecule has 0 saturated carbocycles. The van der Waals surface area contributed by atoms with E-state index >= 15 is 0 Å². The van der Waals surface area contributed by atoms with E-state index in [1.165, 1.54) is 11.3 Å². The fourth-order valence-electron chi connectivity index (χ4n) is 3.22. The van der Waals surface area contributed by atoms with E-state index in [0.717, 1.165) is 39.4 Å². The van der Waals surface area contributed by atoms with Crippen LogP contribution in [0.4, 0.5) is 23.0 Å². The fraction of sp³-hybridized carbons (Fsp3) is 0.167. The maximum absolute atomic E-state index is 11.6. The molecule has 162 valence electrons. The van der Waals surface area contributed by atoms with Crippen molar-refractivity contribution in [3.8, 4) is 21.7 Å². The first kappa shape index (κ1) is 21.5. The summed E-state index contributed by atoms with van der Waals surface area (Å²) in [5, 5.41) is 9.23. The lowest BCUT2D eigenvalue weighted by atomic mass is 10.0. The normalized spacial score (nSPS) is 11.2. The molecule has 2 aromatic heterocycles. The van der Waals surface area contributed by atoms with Crippen LogP contribution in [-0.4, -0.2) is 26.8 Å². The Labute approximate surface area is 190 Å². The van der Waals surface area contributed by atoms with E-state index < -0.39 is 0 Å². The Morgan fingerprint density at radius 2 is 1.78 bits per heavy atom. The number of rotatable bonds is 6. The van der Waals surface area contributed by atoms with Crippen molar-refractivity contribution in [2.45, 2.75) is 26.3 Å². The van der Waals surface area contributed by atoms with Gasteiger partial charge in [-0.15, -0.1) is 11.3 Å². The van der Waals surface area contributed by atoms with Crippen LogP contribution in [0.1, 0.15) is 31.1 Å². The van der Waals surface area contributed by atoms with Crippen LogP contribution >= 0.6 is 11.3 Å². The number of nitrogens with zero attached hydrogens (tertiary/aromatic N) is 3. The van der Waals surface area contributed by atoms with Crippen LogP contribution in [0.2, 0.25) is 0 Å². The number of hydrogen-bond donors (Lipinski definition) is 3. The van der Waals surface area contributed by atoms with Crippen LogP contribution < -0.4 is 16.4 Å². The number of hydrogen-bond acceptors (Lipinski definition) is 8. The van der Waals surface area contributed by atoms with Crippen LogP contribution in [0.25, 0.3) is 21.7 Å². The Hall–Kier alpha value is -3.78. The van der Waals surface area contributed by atoms with E-state index in [4.69, 9.17) is 5.73 Å². The number of nitrogens with one attached hydrogen (secondary N) is 2. The minimum atomic E-state index is -0.0751. The van der Waals surface area contributed by atoms with Crippen molar-refractivity contribution in [1.82, 2.24) is 15.0 Å². The van der Waals surface area contributed by atoms with Crippen LogP contribution in [0.5, 0.6) is 0 Å². The van der Waals surface area contributed by atoms with Gasteiger partial charge in [-0.3, -0.25) is 4.79 Å². The Kier molecular flexibility index (Phi) is 5.87. The number of carbonyl (C=O) groups is 1. The third-order valence-electron chi connectivity index (χ3n) is 4.64. The largest absolute Gasteiger partial charge is 0.397 e. The first-order chi connectivity index (χ1) is 15.3. The Bertz CT molecular complexity index is 1230. The maximum atomic E-state index is 11.6. The molecule has 4 rings (SSSR count). The third-order valence-corrected chi connectivity index (χ3v) is 5.45. The van der Waals surface area contributed by atoms with Gasteiger partial charge in [-0.2, -0.15) is 0 Å². The molecular weight excluding hydrogens is 420 g/mol. The lowest BCUT2D eigenvalue weighted by Gasteiger charge is -2.23. The fourth-order valence-corrected chi connectivity index (χ4v) is 3.91. The standard InChI is InChI=1S/C24H24N6OS/c1-24(2,3)30-21-7-4-15(11-20(21)25)17-12-27-23(28-13-17)29-18-5-6-19(16(10-18)14-31)22-26-8-9-32-22/h4-14,30H,25H2,1-3H3,(H,27,28,29). The van der Waals surface area contributed by atoms with Crippen molar-refractivity contribution < 1.29 is 4.79 Å². The molecule has 0 atom stereocenters. The van der Waals surface area contributed by atoms with Crippen molar-refractivity contribution in [2.24, 2.45) is 0 Å². The van der Waals surface area contributed by atoms with E-state index in [0.29, 0.717) is 17.2 Å². The second kappa shape index (κ2) is 8.76. The molecule has 4 N–H and O–H groups in total. The highest BCUT2D eigenvalue weighted by Gasteiger charge is 2.12. The molecule has 0 bridgehead atoms. The molecule has 32 heavy (non-hydrogen) atoms. The third kappa shape index (κ3) is 4.92. The van der Waals surface area contributed by atoms with Gasteiger partial charge in [0.25, 0.3) is 0 Å². The number of carbonyl (C=O) groups excluding carboxylic acids is 1. The van der Waals surface area contributed by atoms with E-state index in [2.05, 4.69) is 46.4 Å². The van der Waals surface area contributed by atoms with E-state index in [-0.39, 0.29) is 5.54 Å². The van der Waals surface area contributed by atoms with Gasteiger partial charge in [0.1, 0.15) is 5.01 Å². The number of nitrogens with two attached hydrogens (primary N) is 1. The quantitative estimate of drug-likeness (QED) is 0.262. The smallest absolute Gasteiger partial charge is 0.227 e. The van der Waals surface area contributed by atoms with Gasteiger partial charge in [0.05, 0.1) is 11.4 Å². The Morgan fingerprint density at radius 1 is 1.00 bits per heavy atom. The summed E-state index contributed by atoms with van der Waals surface area (Å²) in [7, 11) is 0. The van der Waals surface area contributed by atoms with Crippen molar-refractivity contribution in [3.63, 3.8) is 0 Å². The van der Waals surface area contributed by atoms with Gasteiger partial charge >= 0.3 is 0 Å². The lowest BCUT2D eigenvalue weighted by molar-refractivity contribution is 0.112. The second-order valence-corrected chi connectivity index (χ2v) is 9.25. The van der Waals surface area contributed by atoms with E-state index in [1.807, 2.05) is 35.7 Å². The second-order valence-electron chi connectivity index (χ2n) is 8.35. The highest BCUT2D eigenvalue weighted by molar-refractivity contribution is 7.13. The first-order valence-electron chi connectivity index (χ1n) is 10.1. The minimum Gasteiger partial charge on any atom is -0.397 e. The molecule has 0 saturated heterocycles. The average Bonchev–Trinajstić information content (AvgIpc) is 3.29. The molecule has 0 aliphatic heterocycles. The highest BCUT2D eigenvalue weighted by atomic mass is 32.1. The molecule has 2 heterocycles. The summed E-state index contributed by atoms with van der Waals surface area (Å²) in [6.45, 7) is 6.26. The monoisotopic (exact) mass is 444 g/mol. The number of benzene rings is 2. The molecule has 4 aromatic rings. The van der Waals surface area contributed by atoms with Gasteiger partial charge < -0.3 is 16.4 Å². The summed E-state index contributed by atoms with van der Waals surface area (Å²) in [4.78, 5) is 24.7. The van der Waals surface area contributed by atoms with Crippen molar-refractivity contribution in [1.29, 1.82) is 0 Å². The van der Waals surface area contributed by atoms with Gasteiger partial charge in [-0.05, 0) is 56.7 Å². The summed E-state index contributed by atoms with van der Waals surface area (Å²) >= 11 is 1.49. The van der Waals surface area contributed by atoms with Crippen molar-refractivity contribution >= 4 is 40.6 Å². The minimum absolute atomic E-state index is 0.0751. The van der Waals surface area contributed by atoms with Crippen molar-refractivity contribution in [3.05, 3.63) is 65.9 Å². The SMILES string of the molecule is CC(C)(C)Nc1ccc(-c2cnc(Nc3ccc(-c4nccs4)c(C=O)c3)nc2)cc1N. The van der Waals surface area contributed by atoms with Gasteiger partial charge in [0, 0.05) is 51.9 Å². The zero-order chi connectivity index (χ0) is 22.7. The number of aldehydes is 1. The van der Waals surface area contributed by atoms with Crippen LogP contribution in [0.3, 0.4) is 0 Å². The molecular formula is C24H24N6OS. The number of aromatic nitrogens is 3. The van der Waals surface area contributed by atoms with E-state index in [9.17, 15) is 4.79 Å². The molecule has 0 aliphatic carbocycles. The summed E-state index contributed by atoms with van der Waals surface area (Å²) in [5.41, 5.74) is 11.6. The first-order valence-corrected chi connectivity index (χ1v) is 11.0. The van der Waals surface area contributed by atoms with Gasteiger partial charge in [0.2, 0.25) is 5.95 Å². The highest BCUT2D eigenvalue weighted by Crippen LogP contribution is 2.30. The van der Waals surface area contributed by atoms with Crippen LogP contribution in [0, 0.1) is 0 Å². The average molecular weight is 445 g/mol. The molecule has 0 aliphatic rings. The van der Waals surface area contributed by atoms with Gasteiger partial charge in [0.15, 0.2) is 6.29 Å². The number of anilines is 4. The summed E-state index contributed by atoms with van der Waals surface area (Å²) in [6.07, 6.45) is 6.03. The van der Waals surface area contributed by atoms with Gasteiger partial charge in [-0.25, -0.2) is 15.0 Å². The zero-order valence-electron chi connectivity index (χ0n) is 18.1. The molecule has 0 unspecified atom stereocenters. The van der Waals surface area contributed by atoms with Crippen molar-refractivity contribution in [2.75, 3.05) is 16.4 Å². The molecule has 0 amide bonds. The molecule has 8 heteroatoms. The summed E-state index contributed by atoms with van der Waals surface area (Å²) in [6, 6.07) is 11.4. The molecule has 0 spiro atoms.